The van der Waals surface area contributed by atoms with Crippen molar-refractivity contribution in [3.8, 4) is 0 Å². The molecule has 0 aliphatic rings. The van der Waals surface area contributed by atoms with Gasteiger partial charge in [0, 0.05) is 18.4 Å². The van der Waals surface area contributed by atoms with Crippen LogP contribution >= 0.6 is 0 Å². The zero-order chi connectivity index (χ0) is 20.8. The van der Waals surface area contributed by atoms with Crippen LogP contribution in [0, 0.1) is 0 Å². The van der Waals surface area contributed by atoms with Crippen LogP contribution in [0.1, 0.15) is 76.4 Å². The van der Waals surface area contributed by atoms with E-state index in [-0.39, 0.29) is 18.0 Å². The molecule has 0 bridgehead atoms. The highest BCUT2D eigenvalue weighted by atomic mass is 19.4. The molecule has 4 nitrogen and oxygen atoms in total. The van der Waals surface area contributed by atoms with Crippen LogP contribution < -0.4 is 0 Å². The van der Waals surface area contributed by atoms with Gasteiger partial charge in [0.05, 0.1) is 6.61 Å². The highest BCUT2D eigenvalue weighted by Gasteiger charge is 2.43. The Morgan fingerprint density at radius 1 is 0.893 bits per heavy atom. The normalized spacial score (nSPS) is 12.4. The number of halogens is 3. The van der Waals surface area contributed by atoms with Crippen molar-refractivity contribution < 1.29 is 32.2 Å². The van der Waals surface area contributed by atoms with E-state index in [0.29, 0.717) is 19.4 Å². The number of esters is 2. The first-order valence-corrected chi connectivity index (χ1v) is 9.81. The Kier molecular flexibility index (Phi) is 11.3. The second-order valence-corrected chi connectivity index (χ2v) is 6.66. The Hall–Kier alpha value is -2.05. The quantitative estimate of drug-likeness (QED) is 0.304. The van der Waals surface area contributed by atoms with Crippen LogP contribution in [0.4, 0.5) is 13.2 Å². The number of carbonyl (C=O) groups is 2. The van der Waals surface area contributed by atoms with Gasteiger partial charge in [0.1, 0.15) is 0 Å². The smallest absolute Gasteiger partial charge is 0.429 e. The number of unbranched alkanes of at least 4 members (excludes halogenated alkanes) is 5. The average Bonchev–Trinajstić information content (AvgIpc) is 2.66. The lowest BCUT2D eigenvalue weighted by Gasteiger charge is -2.21. The van der Waals surface area contributed by atoms with Crippen molar-refractivity contribution in [2.45, 2.75) is 77.0 Å². The maximum absolute atomic E-state index is 13.1. The Bertz CT molecular complexity index is 573. The summed E-state index contributed by atoms with van der Waals surface area (Å²) in [5.41, 5.74) is -0.0826. The van der Waals surface area contributed by atoms with Gasteiger partial charge in [-0.2, -0.15) is 13.2 Å². The summed E-state index contributed by atoms with van der Waals surface area (Å²) in [5, 5.41) is 0. The van der Waals surface area contributed by atoms with Gasteiger partial charge < -0.3 is 9.47 Å². The molecule has 28 heavy (non-hydrogen) atoms. The fourth-order valence-electron chi connectivity index (χ4n) is 2.68. The Morgan fingerprint density at radius 3 is 1.96 bits per heavy atom. The van der Waals surface area contributed by atoms with Gasteiger partial charge in [-0.05, 0) is 19.3 Å². The molecule has 1 rings (SSSR count). The topological polar surface area (TPSA) is 52.6 Å². The van der Waals surface area contributed by atoms with Crippen LogP contribution in [-0.4, -0.2) is 24.7 Å². The van der Waals surface area contributed by atoms with E-state index >= 15 is 0 Å². The summed E-state index contributed by atoms with van der Waals surface area (Å²) in [4.78, 5) is 23.1. The van der Waals surface area contributed by atoms with Crippen molar-refractivity contribution in [2.75, 3.05) is 6.61 Å². The molecule has 158 valence electrons. The molecule has 0 aliphatic heterocycles. The van der Waals surface area contributed by atoms with Crippen LogP contribution in [0.25, 0.3) is 0 Å². The van der Waals surface area contributed by atoms with E-state index in [2.05, 4.69) is 4.74 Å². The number of carbonyl (C=O) groups excluding carboxylic acids is 2. The molecule has 1 atom stereocenters. The van der Waals surface area contributed by atoms with E-state index < -0.39 is 18.2 Å². The molecular weight excluding hydrogens is 373 g/mol. The molecule has 0 saturated heterocycles. The molecule has 7 heteroatoms. The maximum atomic E-state index is 13.1. The van der Waals surface area contributed by atoms with Gasteiger partial charge >= 0.3 is 18.1 Å². The molecule has 0 radical (unpaired) electrons. The van der Waals surface area contributed by atoms with Gasteiger partial charge in [0.25, 0.3) is 0 Å². The van der Waals surface area contributed by atoms with Gasteiger partial charge in [-0.1, -0.05) is 62.9 Å². The van der Waals surface area contributed by atoms with E-state index in [1.807, 2.05) is 6.92 Å². The summed E-state index contributed by atoms with van der Waals surface area (Å²) in [6.07, 6.45) is -1.07. The van der Waals surface area contributed by atoms with Gasteiger partial charge in [-0.15, -0.1) is 0 Å². The lowest BCUT2D eigenvalue weighted by Crippen LogP contribution is -2.26. The summed E-state index contributed by atoms with van der Waals surface area (Å²) >= 11 is 0. The van der Waals surface area contributed by atoms with E-state index in [4.69, 9.17) is 4.74 Å². The standard InChI is InChI=1S/C21H29F3O4/c1-2-16-27-18(25)14-10-5-3-4-6-11-15-19(26)28-20(21(22,23)24)17-12-8-7-9-13-17/h7-9,12-13,20H,2-6,10-11,14-16H2,1H3. The van der Waals surface area contributed by atoms with Crippen LogP contribution in [-0.2, 0) is 19.1 Å². The lowest BCUT2D eigenvalue weighted by molar-refractivity contribution is -0.224. The first-order valence-electron chi connectivity index (χ1n) is 9.81. The summed E-state index contributed by atoms with van der Waals surface area (Å²) in [6, 6.07) is 7.15. The van der Waals surface area contributed by atoms with Crippen LogP contribution in [0.15, 0.2) is 30.3 Å². The van der Waals surface area contributed by atoms with Gasteiger partial charge in [-0.25, -0.2) is 0 Å². The Morgan fingerprint density at radius 2 is 1.43 bits per heavy atom. The van der Waals surface area contributed by atoms with Crippen molar-refractivity contribution in [1.29, 1.82) is 0 Å². The fraction of sp³-hybridized carbons (Fsp3) is 0.619. The predicted octanol–water partition coefficient (Wildman–Crippen LogP) is 5.91. The molecule has 1 aromatic carbocycles. The zero-order valence-electron chi connectivity index (χ0n) is 16.3. The first kappa shape index (κ1) is 24.0. The third-order valence-corrected chi connectivity index (χ3v) is 4.13. The van der Waals surface area contributed by atoms with Crippen LogP contribution in [0.3, 0.4) is 0 Å². The monoisotopic (exact) mass is 402 g/mol. The van der Waals surface area contributed by atoms with Crippen molar-refractivity contribution in [2.24, 2.45) is 0 Å². The number of benzene rings is 1. The summed E-state index contributed by atoms with van der Waals surface area (Å²) < 4.78 is 49.1. The van der Waals surface area contributed by atoms with Crippen molar-refractivity contribution in [3.63, 3.8) is 0 Å². The van der Waals surface area contributed by atoms with Gasteiger partial charge in [0.15, 0.2) is 0 Å². The highest BCUT2D eigenvalue weighted by Crippen LogP contribution is 2.36. The minimum absolute atomic E-state index is 0.0389. The summed E-state index contributed by atoms with van der Waals surface area (Å²) in [6.45, 7) is 2.39. The molecule has 1 aromatic rings. The Labute approximate surface area is 164 Å². The van der Waals surface area contributed by atoms with Crippen LogP contribution in [0.5, 0.6) is 0 Å². The third kappa shape index (κ3) is 10.3. The molecule has 0 saturated carbocycles. The lowest BCUT2D eigenvalue weighted by atomic mass is 10.1. The number of ether oxygens (including phenoxy) is 2. The molecule has 0 N–H and O–H groups in total. The molecular formula is C21H29F3O4. The molecule has 0 heterocycles. The van der Waals surface area contributed by atoms with Crippen molar-refractivity contribution in [3.05, 3.63) is 35.9 Å². The highest BCUT2D eigenvalue weighted by molar-refractivity contribution is 5.70. The molecule has 0 amide bonds. The SMILES string of the molecule is CCCOC(=O)CCCCCCCCC(=O)OC(c1ccccc1)C(F)(F)F. The van der Waals surface area contributed by atoms with Crippen molar-refractivity contribution in [1.82, 2.24) is 0 Å². The maximum Gasteiger partial charge on any atom is 0.429 e. The summed E-state index contributed by atoms with van der Waals surface area (Å²) in [5.74, 6) is -1.02. The zero-order valence-corrected chi connectivity index (χ0v) is 16.3. The number of hydrogen-bond donors (Lipinski definition) is 0. The number of hydrogen-bond acceptors (Lipinski definition) is 4. The van der Waals surface area contributed by atoms with E-state index in [9.17, 15) is 22.8 Å². The first-order chi connectivity index (χ1) is 13.3. The van der Waals surface area contributed by atoms with E-state index in [1.54, 1.807) is 6.07 Å². The molecule has 0 aliphatic carbocycles. The van der Waals surface area contributed by atoms with Gasteiger partial charge in [-0.3, -0.25) is 9.59 Å². The van der Waals surface area contributed by atoms with Gasteiger partial charge in [0.2, 0.25) is 6.10 Å². The molecule has 0 spiro atoms. The Balaban J connectivity index is 2.18. The third-order valence-electron chi connectivity index (χ3n) is 4.13. The van der Waals surface area contributed by atoms with E-state index in [0.717, 1.165) is 38.5 Å². The minimum Gasteiger partial charge on any atom is -0.466 e. The summed E-state index contributed by atoms with van der Waals surface area (Å²) in [7, 11) is 0. The van der Waals surface area contributed by atoms with Crippen LogP contribution in [0.2, 0.25) is 0 Å². The largest absolute Gasteiger partial charge is 0.466 e. The number of alkyl halides is 3. The molecule has 0 fully saturated rings. The van der Waals surface area contributed by atoms with E-state index in [1.165, 1.54) is 24.3 Å². The average molecular weight is 402 g/mol. The molecule has 0 aromatic heterocycles. The predicted molar refractivity (Wildman–Crippen MR) is 99.5 cm³/mol. The molecule has 1 unspecified atom stereocenters. The second kappa shape index (κ2) is 13.2. The number of rotatable bonds is 13. The van der Waals surface area contributed by atoms with Crippen molar-refractivity contribution >= 4 is 11.9 Å². The fourth-order valence-corrected chi connectivity index (χ4v) is 2.68. The minimum atomic E-state index is -4.64. The second-order valence-electron chi connectivity index (χ2n) is 6.66.